The summed E-state index contributed by atoms with van der Waals surface area (Å²) >= 11 is 1.66. The van der Waals surface area contributed by atoms with Gasteiger partial charge in [-0.15, -0.1) is 11.3 Å². The van der Waals surface area contributed by atoms with Gasteiger partial charge in [-0.1, -0.05) is 0 Å². The highest BCUT2D eigenvalue weighted by Crippen LogP contribution is 2.35. The van der Waals surface area contributed by atoms with Gasteiger partial charge in [0.15, 0.2) is 0 Å². The number of aryl methyl sites for hydroxylation is 2. The Labute approximate surface area is 131 Å². The van der Waals surface area contributed by atoms with E-state index in [4.69, 9.17) is 4.74 Å². The van der Waals surface area contributed by atoms with Crippen molar-refractivity contribution in [2.45, 2.75) is 26.2 Å². The summed E-state index contributed by atoms with van der Waals surface area (Å²) in [6.07, 6.45) is 3.23. The number of fused-ring (bicyclic) bond motifs is 3. The number of rotatable bonds is 3. The van der Waals surface area contributed by atoms with Crippen molar-refractivity contribution >= 4 is 21.6 Å². The van der Waals surface area contributed by atoms with Crippen LogP contribution in [-0.2, 0) is 12.8 Å². The molecule has 4 nitrogen and oxygen atoms in total. The molecular weight excluding hydrogens is 296 g/mol. The molecule has 0 unspecified atom stereocenters. The lowest BCUT2D eigenvalue weighted by atomic mass is 10.2. The molecule has 2 aromatic heterocycles. The molecule has 4 rings (SSSR count). The monoisotopic (exact) mass is 312 g/mol. The summed E-state index contributed by atoms with van der Waals surface area (Å²) in [6, 6.07) is 7.65. The molecule has 22 heavy (non-hydrogen) atoms. The molecule has 112 valence electrons. The van der Waals surface area contributed by atoms with Gasteiger partial charge in [0.05, 0.1) is 12.0 Å². The van der Waals surface area contributed by atoms with E-state index in [-0.39, 0.29) is 5.56 Å². The van der Waals surface area contributed by atoms with Crippen LogP contribution in [0.25, 0.3) is 21.6 Å². The quantitative estimate of drug-likeness (QED) is 0.805. The Morgan fingerprint density at radius 3 is 2.86 bits per heavy atom. The number of nitrogens with zero attached hydrogens (tertiary/aromatic N) is 1. The van der Waals surface area contributed by atoms with Crippen LogP contribution in [0.5, 0.6) is 5.75 Å². The molecule has 0 atom stereocenters. The van der Waals surface area contributed by atoms with Crippen LogP contribution in [0.1, 0.15) is 23.8 Å². The molecule has 1 aliphatic carbocycles. The minimum Gasteiger partial charge on any atom is -0.494 e. The molecule has 0 spiro atoms. The van der Waals surface area contributed by atoms with Crippen LogP contribution in [0.15, 0.2) is 29.1 Å². The summed E-state index contributed by atoms with van der Waals surface area (Å²) in [4.78, 5) is 22.2. The molecule has 2 heterocycles. The van der Waals surface area contributed by atoms with Crippen molar-refractivity contribution in [1.29, 1.82) is 0 Å². The van der Waals surface area contributed by atoms with Crippen molar-refractivity contribution in [3.05, 3.63) is 45.1 Å². The fraction of sp³-hybridized carbons (Fsp3) is 0.294. The summed E-state index contributed by atoms with van der Waals surface area (Å²) < 4.78 is 5.44. The van der Waals surface area contributed by atoms with Gasteiger partial charge in [-0.05, 0) is 56.0 Å². The predicted octanol–water partition coefficient (Wildman–Crippen LogP) is 3.54. The van der Waals surface area contributed by atoms with Gasteiger partial charge >= 0.3 is 0 Å². The second-order valence-electron chi connectivity index (χ2n) is 5.41. The molecule has 1 aromatic carbocycles. The predicted molar refractivity (Wildman–Crippen MR) is 88.9 cm³/mol. The average molecular weight is 312 g/mol. The lowest BCUT2D eigenvalue weighted by Crippen LogP contribution is -2.09. The minimum absolute atomic E-state index is 0.0201. The molecule has 0 saturated carbocycles. The number of aromatic amines is 1. The lowest BCUT2D eigenvalue weighted by molar-refractivity contribution is 0.340. The first-order valence-corrected chi connectivity index (χ1v) is 8.35. The first kappa shape index (κ1) is 13.5. The van der Waals surface area contributed by atoms with E-state index in [9.17, 15) is 4.79 Å². The molecule has 0 radical (unpaired) electrons. The van der Waals surface area contributed by atoms with E-state index in [2.05, 4.69) is 9.97 Å². The van der Waals surface area contributed by atoms with Crippen LogP contribution < -0.4 is 10.3 Å². The second-order valence-corrected chi connectivity index (χ2v) is 6.49. The Bertz CT molecular complexity index is 893. The Balaban J connectivity index is 1.81. The second kappa shape index (κ2) is 5.25. The standard InChI is InChI=1S/C17H16N2O2S/c1-2-21-11-8-6-10(7-9-11)15-18-16(20)14-12-4-3-5-13(12)22-17(14)19-15/h6-9H,2-5H2,1H3,(H,18,19,20). The van der Waals surface area contributed by atoms with Gasteiger partial charge in [0, 0.05) is 10.4 Å². The van der Waals surface area contributed by atoms with Gasteiger partial charge in [0.1, 0.15) is 16.4 Å². The first-order chi connectivity index (χ1) is 10.8. The third-order valence-electron chi connectivity index (χ3n) is 4.01. The maximum Gasteiger partial charge on any atom is 0.260 e. The maximum atomic E-state index is 12.4. The van der Waals surface area contributed by atoms with E-state index in [1.807, 2.05) is 31.2 Å². The van der Waals surface area contributed by atoms with Crippen molar-refractivity contribution in [2.75, 3.05) is 6.61 Å². The van der Waals surface area contributed by atoms with E-state index >= 15 is 0 Å². The number of benzene rings is 1. The Morgan fingerprint density at radius 1 is 1.27 bits per heavy atom. The highest BCUT2D eigenvalue weighted by atomic mass is 32.1. The Kier molecular flexibility index (Phi) is 3.22. The van der Waals surface area contributed by atoms with E-state index in [0.717, 1.165) is 40.8 Å². The topological polar surface area (TPSA) is 55.0 Å². The number of hydrogen-bond donors (Lipinski definition) is 1. The largest absolute Gasteiger partial charge is 0.494 e. The summed E-state index contributed by atoms with van der Waals surface area (Å²) in [6.45, 7) is 2.60. The SMILES string of the molecule is CCOc1ccc(-c2nc3sc4c(c3c(=O)[nH]2)CCC4)cc1. The average Bonchev–Trinajstić information content (AvgIpc) is 3.08. The van der Waals surface area contributed by atoms with Crippen molar-refractivity contribution in [3.63, 3.8) is 0 Å². The van der Waals surface area contributed by atoms with Crippen molar-refractivity contribution < 1.29 is 4.74 Å². The molecular formula is C17H16N2O2S. The van der Waals surface area contributed by atoms with Crippen LogP contribution in [0.2, 0.25) is 0 Å². The van der Waals surface area contributed by atoms with Crippen molar-refractivity contribution in [1.82, 2.24) is 9.97 Å². The smallest absolute Gasteiger partial charge is 0.260 e. The minimum atomic E-state index is -0.0201. The van der Waals surface area contributed by atoms with Gasteiger partial charge in [-0.2, -0.15) is 0 Å². The molecule has 0 amide bonds. The first-order valence-electron chi connectivity index (χ1n) is 7.54. The normalized spacial score (nSPS) is 13.5. The van der Waals surface area contributed by atoms with Gasteiger partial charge in [-0.3, -0.25) is 4.79 Å². The zero-order valence-corrected chi connectivity index (χ0v) is 13.1. The van der Waals surface area contributed by atoms with E-state index in [1.54, 1.807) is 11.3 Å². The van der Waals surface area contributed by atoms with E-state index in [1.165, 1.54) is 10.4 Å². The number of nitrogens with one attached hydrogen (secondary N) is 1. The van der Waals surface area contributed by atoms with Crippen LogP contribution >= 0.6 is 11.3 Å². The zero-order chi connectivity index (χ0) is 15.1. The fourth-order valence-electron chi connectivity index (χ4n) is 3.01. The molecule has 0 bridgehead atoms. The molecule has 3 aromatic rings. The van der Waals surface area contributed by atoms with Crippen molar-refractivity contribution in [2.24, 2.45) is 0 Å². The third kappa shape index (κ3) is 2.13. The molecule has 0 saturated heterocycles. The highest BCUT2D eigenvalue weighted by molar-refractivity contribution is 7.18. The highest BCUT2D eigenvalue weighted by Gasteiger charge is 2.21. The molecule has 5 heteroatoms. The Morgan fingerprint density at radius 2 is 2.09 bits per heavy atom. The number of H-pyrrole nitrogens is 1. The zero-order valence-electron chi connectivity index (χ0n) is 12.3. The number of thiophene rings is 1. The summed E-state index contributed by atoms with van der Waals surface area (Å²) in [5.41, 5.74) is 2.09. The van der Waals surface area contributed by atoms with Crippen molar-refractivity contribution in [3.8, 4) is 17.1 Å². The third-order valence-corrected chi connectivity index (χ3v) is 5.20. The van der Waals surface area contributed by atoms with Crippen LogP contribution in [0, 0.1) is 0 Å². The van der Waals surface area contributed by atoms with Gasteiger partial charge < -0.3 is 9.72 Å². The van der Waals surface area contributed by atoms with Crippen LogP contribution in [0.4, 0.5) is 0 Å². The maximum absolute atomic E-state index is 12.4. The van der Waals surface area contributed by atoms with Gasteiger partial charge in [0.25, 0.3) is 5.56 Å². The Hall–Kier alpha value is -2.14. The number of ether oxygens (including phenoxy) is 1. The summed E-state index contributed by atoms with van der Waals surface area (Å²) in [5.74, 6) is 1.45. The lowest BCUT2D eigenvalue weighted by Gasteiger charge is -2.05. The molecule has 0 fully saturated rings. The molecule has 1 N–H and O–H groups in total. The number of hydrogen-bond acceptors (Lipinski definition) is 4. The summed E-state index contributed by atoms with van der Waals surface area (Å²) in [7, 11) is 0. The van der Waals surface area contributed by atoms with Gasteiger partial charge in [-0.25, -0.2) is 4.98 Å². The number of aromatic nitrogens is 2. The van der Waals surface area contributed by atoms with Crippen LogP contribution in [0.3, 0.4) is 0 Å². The van der Waals surface area contributed by atoms with E-state index < -0.39 is 0 Å². The van der Waals surface area contributed by atoms with E-state index in [0.29, 0.717) is 12.4 Å². The van der Waals surface area contributed by atoms with Crippen LogP contribution in [-0.4, -0.2) is 16.6 Å². The molecule has 1 aliphatic rings. The fourth-order valence-corrected chi connectivity index (χ4v) is 4.28. The summed E-state index contributed by atoms with van der Waals surface area (Å²) in [5, 5.41) is 0.798. The molecule has 0 aliphatic heterocycles. The van der Waals surface area contributed by atoms with Gasteiger partial charge in [0.2, 0.25) is 0 Å².